The summed E-state index contributed by atoms with van der Waals surface area (Å²) in [5.41, 5.74) is 2.30. The number of hydrogen-bond donors (Lipinski definition) is 1. The second kappa shape index (κ2) is 8.65. The fourth-order valence-corrected chi connectivity index (χ4v) is 4.83. The zero-order chi connectivity index (χ0) is 23.0. The number of amides is 3. The molecule has 3 aliphatic heterocycles. The molecule has 4 rings (SSSR count). The van der Waals surface area contributed by atoms with E-state index in [0.717, 1.165) is 31.5 Å². The molecular formula is C24H31N3O5. The summed E-state index contributed by atoms with van der Waals surface area (Å²) < 4.78 is 5.42. The normalized spacial score (nSPS) is 22.7. The molecule has 32 heavy (non-hydrogen) atoms. The number of ether oxygens (including phenoxy) is 1. The molecule has 0 saturated carbocycles. The average Bonchev–Trinajstić information content (AvgIpc) is 3.03. The summed E-state index contributed by atoms with van der Waals surface area (Å²) in [5, 5.41) is 2.34. The molecule has 3 amide bonds. The molecule has 1 N–H and O–H groups in total. The molecule has 1 atom stereocenters. The lowest BCUT2D eigenvalue weighted by molar-refractivity contribution is -0.156. The number of carbonyl (C=O) groups is 4. The van der Waals surface area contributed by atoms with Gasteiger partial charge >= 0.3 is 5.97 Å². The summed E-state index contributed by atoms with van der Waals surface area (Å²) in [6, 6.07) is 5.38. The third kappa shape index (κ3) is 4.85. The number of carbonyl (C=O) groups excluding carboxylic acids is 4. The van der Waals surface area contributed by atoms with Crippen molar-refractivity contribution in [1.29, 1.82) is 0 Å². The van der Waals surface area contributed by atoms with Crippen LogP contribution in [0.2, 0.25) is 0 Å². The Balaban J connectivity index is 1.36. The van der Waals surface area contributed by atoms with Crippen molar-refractivity contribution in [3.8, 4) is 0 Å². The molecule has 2 saturated heterocycles. The first kappa shape index (κ1) is 22.5. The summed E-state index contributed by atoms with van der Waals surface area (Å²) in [6.07, 6.45) is 2.50. The van der Waals surface area contributed by atoms with Crippen LogP contribution in [0.15, 0.2) is 18.2 Å². The average molecular weight is 442 g/mol. The van der Waals surface area contributed by atoms with Gasteiger partial charge in [0.05, 0.1) is 6.54 Å². The number of fused-ring (bicyclic) bond motifs is 1. The van der Waals surface area contributed by atoms with Gasteiger partial charge in [-0.05, 0) is 76.2 Å². The zero-order valence-electron chi connectivity index (χ0n) is 19.0. The molecule has 0 radical (unpaired) electrons. The molecule has 172 valence electrons. The third-order valence-electron chi connectivity index (χ3n) is 6.38. The largest absolute Gasteiger partial charge is 0.459 e. The van der Waals surface area contributed by atoms with E-state index < -0.39 is 11.6 Å². The first-order valence-electron chi connectivity index (χ1n) is 11.3. The van der Waals surface area contributed by atoms with Gasteiger partial charge in [-0.15, -0.1) is 0 Å². The Morgan fingerprint density at radius 2 is 1.84 bits per heavy atom. The van der Waals surface area contributed by atoms with E-state index in [1.54, 1.807) is 4.90 Å². The van der Waals surface area contributed by atoms with Crippen molar-refractivity contribution in [3.63, 3.8) is 0 Å². The fourth-order valence-electron chi connectivity index (χ4n) is 4.83. The molecule has 0 bridgehead atoms. The molecule has 3 heterocycles. The molecule has 0 spiro atoms. The summed E-state index contributed by atoms with van der Waals surface area (Å²) in [6.45, 7) is 7.96. The van der Waals surface area contributed by atoms with Gasteiger partial charge < -0.3 is 9.64 Å². The first-order valence-corrected chi connectivity index (χ1v) is 11.3. The van der Waals surface area contributed by atoms with Gasteiger partial charge in [-0.25, -0.2) is 0 Å². The molecule has 0 aromatic heterocycles. The number of rotatable bonds is 4. The number of nitrogens with zero attached hydrogens (tertiary/aromatic N) is 2. The molecule has 2 fully saturated rings. The van der Waals surface area contributed by atoms with Crippen LogP contribution in [0.1, 0.15) is 73.9 Å². The van der Waals surface area contributed by atoms with Gasteiger partial charge in [0, 0.05) is 18.5 Å². The van der Waals surface area contributed by atoms with Crippen LogP contribution < -0.4 is 5.32 Å². The molecule has 1 aromatic carbocycles. The summed E-state index contributed by atoms with van der Waals surface area (Å²) >= 11 is 0. The lowest BCUT2D eigenvalue weighted by Crippen LogP contribution is -2.52. The van der Waals surface area contributed by atoms with Crippen molar-refractivity contribution in [2.24, 2.45) is 0 Å². The van der Waals surface area contributed by atoms with Crippen molar-refractivity contribution < 1.29 is 23.9 Å². The van der Waals surface area contributed by atoms with Gasteiger partial charge in [0.1, 0.15) is 11.6 Å². The predicted octanol–water partition coefficient (Wildman–Crippen LogP) is 1.97. The summed E-state index contributed by atoms with van der Waals surface area (Å²) in [5.74, 6) is -0.639. The maximum absolute atomic E-state index is 12.9. The number of benzene rings is 1. The van der Waals surface area contributed by atoms with Crippen LogP contribution in [-0.4, -0.2) is 64.8 Å². The van der Waals surface area contributed by atoms with Gasteiger partial charge in [0.15, 0.2) is 0 Å². The van der Waals surface area contributed by atoms with E-state index in [9.17, 15) is 19.2 Å². The van der Waals surface area contributed by atoms with E-state index in [4.69, 9.17) is 4.74 Å². The molecule has 8 nitrogen and oxygen atoms in total. The van der Waals surface area contributed by atoms with E-state index in [-0.39, 0.29) is 30.1 Å². The highest BCUT2D eigenvalue weighted by Crippen LogP contribution is 2.33. The monoisotopic (exact) mass is 441 g/mol. The number of imide groups is 1. The van der Waals surface area contributed by atoms with Crippen LogP contribution in [0.4, 0.5) is 0 Å². The minimum atomic E-state index is -0.591. The lowest BCUT2D eigenvalue weighted by Gasteiger charge is -2.32. The van der Waals surface area contributed by atoms with E-state index in [1.165, 1.54) is 5.56 Å². The number of piperidine rings is 2. The molecule has 8 heteroatoms. The van der Waals surface area contributed by atoms with Crippen molar-refractivity contribution in [2.75, 3.05) is 19.6 Å². The molecule has 1 aromatic rings. The van der Waals surface area contributed by atoms with Gasteiger partial charge in [-0.3, -0.25) is 29.4 Å². The highest BCUT2D eigenvalue weighted by molar-refractivity contribution is 6.05. The molecule has 0 aliphatic carbocycles. The van der Waals surface area contributed by atoms with E-state index in [0.29, 0.717) is 31.0 Å². The van der Waals surface area contributed by atoms with E-state index in [2.05, 4.69) is 16.3 Å². The molecule has 1 unspecified atom stereocenters. The Kier molecular flexibility index (Phi) is 6.07. The Morgan fingerprint density at radius 3 is 2.50 bits per heavy atom. The quantitative estimate of drug-likeness (QED) is 0.567. The first-order chi connectivity index (χ1) is 15.1. The fraction of sp³-hybridized carbons (Fsp3) is 0.583. The maximum Gasteiger partial charge on any atom is 0.320 e. The van der Waals surface area contributed by atoms with E-state index >= 15 is 0 Å². The minimum Gasteiger partial charge on any atom is -0.459 e. The van der Waals surface area contributed by atoms with Crippen LogP contribution in [0, 0.1) is 0 Å². The third-order valence-corrected chi connectivity index (χ3v) is 6.38. The SMILES string of the molecule is CC(C)(C)OC(=O)CN1CCC(c2ccc3c(c2)CN(C2CCC(=O)NC2=O)C3=O)CC1. The molecule has 3 aliphatic rings. The summed E-state index contributed by atoms with van der Waals surface area (Å²) in [7, 11) is 0. The van der Waals surface area contributed by atoms with Crippen molar-refractivity contribution in [3.05, 3.63) is 34.9 Å². The van der Waals surface area contributed by atoms with Gasteiger partial charge in [-0.1, -0.05) is 12.1 Å². The van der Waals surface area contributed by atoms with Gasteiger partial charge in [0.2, 0.25) is 11.8 Å². The van der Waals surface area contributed by atoms with Crippen LogP contribution in [0.25, 0.3) is 0 Å². The van der Waals surface area contributed by atoms with Crippen LogP contribution >= 0.6 is 0 Å². The number of esters is 1. The Labute approximate surface area is 188 Å². The number of hydrogen-bond acceptors (Lipinski definition) is 6. The second-order valence-electron chi connectivity index (χ2n) is 9.95. The Morgan fingerprint density at radius 1 is 1.12 bits per heavy atom. The van der Waals surface area contributed by atoms with Crippen molar-refractivity contribution in [1.82, 2.24) is 15.1 Å². The smallest absolute Gasteiger partial charge is 0.320 e. The van der Waals surface area contributed by atoms with Crippen LogP contribution in [-0.2, 0) is 25.7 Å². The maximum atomic E-state index is 12.9. The highest BCUT2D eigenvalue weighted by Gasteiger charge is 2.39. The van der Waals surface area contributed by atoms with Crippen molar-refractivity contribution in [2.45, 2.75) is 70.6 Å². The van der Waals surface area contributed by atoms with Gasteiger partial charge in [0.25, 0.3) is 5.91 Å². The number of nitrogens with one attached hydrogen (secondary N) is 1. The number of likely N-dealkylation sites (tertiary alicyclic amines) is 1. The van der Waals surface area contributed by atoms with E-state index in [1.807, 2.05) is 32.9 Å². The van der Waals surface area contributed by atoms with Crippen molar-refractivity contribution >= 4 is 23.7 Å². The topological polar surface area (TPSA) is 96.0 Å². The van der Waals surface area contributed by atoms with Gasteiger partial charge in [-0.2, -0.15) is 0 Å². The predicted molar refractivity (Wildman–Crippen MR) is 117 cm³/mol. The zero-order valence-corrected chi connectivity index (χ0v) is 19.0. The summed E-state index contributed by atoms with van der Waals surface area (Å²) in [4.78, 5) is 52.3. The van der Waals surface area contributed by atoms with Crippen LogP contribution in [0.3, 0.4) is 0 Å². The Hall–Kier alpha value is -2.74. The minimum absolute atomic E-state index is 0.145. The second-order valence-corrected chi connectivity index (χ2v) is 9.95. The Bertz CT molecular complexity index is 943. The lowest BCUT2D eigenvalue weighted by atomic mass is 9.88. The van der Waals surface area contributed by atoms with Crippen LogP contribution in [0.5, 0.6) is 0 Å². The molecular weight excluding hydrogens is 410 g/mol. The standard InChI is InChI=1S/C24H31N3O5/c1-24(2,3)32-21(29)14-26-10-8-15(9-11-26)16-4-5-18-17(12-16)13-27(23(18)31)19-6-7-20(28)25-22(19)30/h4-5,12,15,19H,6-11,13-14H2,1-3H3,(H,25,28,30). The highest BCUT2D eigenvalue weighted by atomic mass is 16.6.